The van der Waals surface area contributed by atoms with Crippen molar-refractivity contribution >= 4 is 15.9 Å². The van der Waals surface area contributed by atoms with E-state index >= 15 is 0 Å². The van der Waals surface area contributed by atoms with E-state index in [2.05, 4.69) is 33.9 Å². The van der Waals surface area contributed by atoms with Gasteiger partial charge in [0.1, 0.15) is 5.75 Å². The van der Waals surface area contributed by atoms with Gasteiger partial charge in [0.15, 0.2) is 5.75 Å². The Labute approximate surface area is 133 Å². The average molecular weight is 346 g/mol. The van der Waals surface area contributed by atoms with E-state index in [-0.39, 0.29) is 11.2 Å². The molecular formula is C15H27O5PSi. The van der Waals surface area contributed by atoms with Crippen LogP contribution in [0.3, 0.4) is 0 Å². The van der Waals surface area contributed by atoms with E-state index in [0.29, 0.717) is 17.1 Å². The van der Waals surface area contributed by atoms with E-state index < -0.39 is 15.9 Å². The zero-order chi connectivity index (χ0) is 17.3. The predicted molar refractivity (Wildman–Crippen MR) is 91.3 cm³/mol. The molecule has 0 unspecified atom stereocenters. The molecule has 0 amide bonds. The second-order valence-corrected chi connectivity index (χ2v) is 13.5. The van der Waals surface area contributed by atoms with E-state index in [0.717, 1.165) is 5.56 Å². The van der Waals surface area contributed by atoms with Crippen LogP contribution in [0.5, 0.6) is 11.5 Å². The normalized spacial score (nSPS) is 13.1. The van der Waals surface area contributed by atoms with Crippen LogP contribution >= 0.6 is 7.60 Å². The standard InChI is InChI=1S/C15H27O5PSi/c1-11-8-12(10-21(16,17)18)9-13(19-5)14(11)20-22(6,7)15(2,3)4/h8-9H,10H2,1-7H3,(H2,16,17,18). The monoisotopic (exact) mass is 346 g/mol. The van der Waals surface area contributed by atoms with Crippen LogP contribution in [0.1, 0.15) is 31.9 Å². The molecule has 7 heteroatoms. The molecule has 1 aromatic carbocycles. The topological polar surface area (TPSA) is 76.0 Å². The van der Waals surface area contributed by atoms with Crippen LogP contribution in [0.25, 0.3) is 0 Å². The molecule has 0 saturated carbocycles. The lowest BCUT2D eigenvalue weighted by Crippen LogP contribution is -2.44. The van der Waals surface area contributed by atoms with Gasteiger partial charge in [-0.3, -0.25) is 4.57 Å². The summed E-state index contributed by atoms with van der Waals surface area (Å²) in [5.41, 5.74) is 1.37. The summed E-state index contributed by atoms with van der Waals surface area (Å²) in [4.78, 5) is 18.3. The van der Waals surface area contributed by atoms with E-state index in [9.17, 15) is 4.57 Å². The van der Waals surface area contributed by atoms with Crippen molar-refractivity contribution in [2.45, 2.75) is 52.0 Å². The largest absolute Gasteiger partial charge is 0.541 e. The lowest BCUT2D eigenvalue weighted by Gasteiger charge is -2.37. The van der Waals surface area contributed by atoms with Gasteiger partial charge in [-0.1, -0.05) is 26.8 Å². The number of hydrogen-bond acceptors (Lipinski definition) is 3. The highest BCUT2D eigenvalue weighted by Gasteiger charge is 2.40. The molecule has 2 N–H and O–H groups in total. The summed E-state index contributed by atoms with van der Waals surface area (Å²) >= 11 is 0. The van der Waals surface area contributed by atoms with Gasteiger partial charge in [-0.25, -0.2) is 0 Å². The fraction of sp³-hybridized carbons (Fsp3) is 0.600. The molecular weight excluding hydrogens is 319 g/mol. The highest BCUT2D eigenvalue weighted by Crippen LogP contribution is 2.44. The summed E-state index contributed by atoms with van der Waals surface area (Å²) in [6.07, 6.45) is -0.301. The SMILES string of the molecule is COc1cc(CP(=O)(O)O)cc(C)c1O[Si](C)(C)C(C)(C)C. The molecule has 0 spiro atoms. The minimum Gasteiger partial charge on any atom is -0.541 e. The molecule has 0 radical (unpaired) electrons. The molecule has 0 aliphatic rings. The molecule has 0 bridgehead atoms. The van der Waals surface area contributed by atoms with Crippen LogP contribution in [0.4, 0.5) is 0 Å². The Kier molecular flexibility index (Phi) is 5.56. The Morgan fingerprint density at radius 1 is 1.23 bits per heavy atom. The molecule has 0 atom stereocenters. The Balaban J connectivity index is 3.25. The summed E-state index contributed by atoms with van der Waals surface area (Å²) in [7, 11) is -4.59. The first-order valence-corrected chi connectivity index (χ1v) is 11.9. The van der Waals surface area contributed by atoms with E-state index in [1.807, 2.05) is 6.92 Å². The van der Waals surface area contributed by atoms with Gasteiger partial charge in [0.05, 0.1) is 13.3 Å². The van der Waals surface area contributed by atoms with Crippen molar-refractivity contribution in [3.8, 4) is 11.5 Å². The van der Waals surface area contributed by atoms with E-state index in [1.165, 1.54) is 7.11 Å². The Morgan fingerprint density at radius 2 is 1.77 bits per heavy atom. The summed E-state index contributed by atoms with van der Waals surface area (Å²) in [6, 6.07) is 3.40. The van der Waals surface area contributed by atoms with Crippen LogP contribution in [0, 0.1) is 6.92 Å². The molecule has 126 valence electrons. The first-order valence-electron chi connectivity index (χ1n) is 7.18. The fourth-order valence-electron chi connectivity index (χ4n) is 1.83. The summed E-state index contributed by atoms with van der Waals surface area (Å²) < 4.78 is 22.9. The molecule has 0 aliphatic carbocycles. The third kappa shape index (κ3) is 4.85. The summed E-state index contributed by atoms with van der Waals surface area (Å²) in [5, 5.41) is 0.0506. The van der Waals surface area contributed by atoms with Crippen molar-refractivity contribution in [2.24, 2.45) is 0 Å². The smallest absolute Gasteiger partial charge is 0.329 e. The van der Waals surface area contributed by atoms with Gasteiger partial charge in [0.25, 0.3) is 8.32 Å². The first-order chi connectivity index (χ1) is 9.77. The molecule has 0 fully saturated rings. The number of rotatable bonds is 5. The average Bonchev–Trinajstić information content (AvgIpc) is 2.28. The first kappa shape index (κ1) is 19.2. The molecule has 0 aliphatic heterocycles. The van der Waals surface area contributed by atoms with Crippen LogP contribution in [0.2, 0.25) is 18.1 Å². The molecule has 0 saturated heterocycles. The van der Waals surface area contributed by atoms with Crippen LogP contribution in [-0.2, 0) is 10.7 Å². The highest BCUT2D eigenvalue weighted by molar-refractivity contribution is 7.50. The number of ether oxygens (including phenoxy) is 1. The maximum atomic E-state index is 11.2. The lowest BCUT2D eigenvalue weighted by molar-refractivity contribution is 0.370. The molecule has 1 rings (SSSR count). The van der Waals surface area contributed by atoms with Gasteiger partial charge in [-0.05, 0) is 42.2 Å². The summed E-state index contributed by atoms with van der Waals surface area (Å²) in [5.74, 6) is 1.19. The minimum absolute atomic E-state index is 0.0506. The fourth-order valence-corrected chi connectivity index (χ4v) is 3.57. The van der Waals surface area contributed by atoms with Crippen LogP contribution in [0.15, 0.2) is 12.1 Å². The van der Waals surface area contributed by atoms with Crippen molar-refractivity contribution in [3.05, 3.63) is 23.3 Å². The predicted octanol–water partition coefficient (Wildman–Crippen LogP) is 4.07. The summed E-state index contributed by atoms with van der Waals surface area (Å²) in [6.45, 7) is 12.6. The van der Waals surface area contributed by atoms with Crippen LogP contribution in [-0.4, -0.2) is 25.2 Å². The number of aryl methyl sites for hydroxylation is 1. The third-order valence-corrected chi connectivity index (χ3v) is 9.18. The number of methoxy groups -OCH3 is 1. The van der Waals surface area contributed by atoms with Gasteiger partial charge >= 0.3 is 7.60 Å². The van der Waals surface area contributed by atoms with Gasteiger partial charge in [0, 0.05) is 0 Å². The molecule has 1 aromatic rings. The van der Waals surface area contributed by atoms with Crippen molar-refractivity contribution in [2.75, 3.05) is 7.11 Å². The molecule has 5 nitrogen and oxygen atoms in total. The number of benzene rings is 1. The van der Waals surface area contributed by atoms with Gasteiger partial charge in [-0.2, -0.15) is 0 Å². The van der Waals surface area contributed by atoms with Crippen molar-refractivity contribution in [3.63, 3.8) is 0 Å². The maximum absolute atomic E-state index is 11.2. The van der Waals surface area contributed by atoms with Gasteiger partial charge < -0.3 is 18.9 Å². The van der Waals surface area contributed by atoms with Gasteiger partial charge in [0.2, 0.25) is 0 Å². The molecule has 22 heavy (non-hydrogen) atoms. The zero-order valence-electron chi connectivity index (χ0n) is 14.4. The second-order valence-electron chi connectivity index (χ2n) is 7.13. The van der Waals surface area contributed by atoms with E-state index in [4.69, 9.17) is 18.9 Å². The van der Waals surface area contributed by atoms with Crippen molar-refractivity contribution in [1.29, 1.82) is 0 Å². The van der Waals surface area contributed by atoms with Gasteiger partial charge in [-0.15, -0.1) is 0 Å². The van der Waals surface area contributed by atoms with E-state index in [1.54, 1.807) is 12.1 Å². The van der Waals surface area contributed by atoms with Crippen LogP contribution < -0.4 is 9.16 Å². The second kappa shape index (κ2) is 6.36. The third-order valence-electron chi connectivity index (χ3n) is 4.07. The quantitative estimate of drug-likeness (QED) is 0.621. The van der Waals surface area contributed by atoms with Crippen molar-refractivity contribution < 1.29 is 23.5 Å². The molecule has 0 aromatic heterocycles. The zero-order valence-corrected chi connectivity index (χ0v) is 16.3. The molecule has 0 heterocycles. The highest BCUT2D eigenvalue weighted by atomic mass is 31.2. The minimum atomic E-state index is -4.11. The Hall–Kier alpha value is -0.813. The Bertz CT molecular complexity index is 586. The van der Waals surface area contributed by atoms with Crippen molar-refractivity contribution in [1.82, 2.24) is 0 Å². The number of hydrogen-bond donors (Lipinski definition) is 2. The maximum Gasteiger partial charge on any atom is 0.329 e. The Morgan fingerprint density at radius 3 is 2.18 bits per heavy atom. The lowest BCUT2D eigenvalue weighted by atomic mass is 10.1.